The van der Waals surface area contributed by atoms with Crippen molar-refractivity contribution in [1.29, 1.82) is 0 Å². The predicted octanol–water partition coefficient (Wildman–Crippen LogP) is 8.94. The fourth-order valence-corrected chi connectivity index (χ4v) is 9.34. The molecule has 3 N–H and O–H groups in total. The Morgan fingerprint density at radius 1 is 0.724 bits per heavy atom. The Bertz CT molecular complexity index is 2380. The molecule has 0 spiro atoms. The third-order valence-corrected chi connectivity index (χ3v) is 13.0. The maximum Gasteiger partial charge on any atom is 0.241 e. The van der Waals surface area contributed by atoms with E-state index in [4.69, 9.17) is 9.47 Å². The average Bonchev–Trinajstić information content (AvgIpc) is 3.26. The SMILES string of the molecule is Cc1ccc(S(=O)(=O)N[C@H](Cc2ccccc2)C(=O)NCc2cccc(-c3cccc([C@@H]4O[C@H](CSc5ccccc5)[C@H](C)[C@H](c5ccc(CO)cc5)O4)c3)c2)cc1. The van der Waals surface area contributed by atoms with Crippen molar-refractivity contribution in [2.75, 3.05) is 5.75 Å². The minimum absolute atomic E-state index is 0.0192. The van der Waals surface area contributed by atoms with Crippen molar-refractivity contribution in [3.05, 3.63) is 191 Å². The van der Waals surface area contributed by atoms with Gasteiger partial charge in [-0.1, -0.05) is 134 Å². The van der Waals surface area contributed by atoms with Gasteiger partial charge in [0.05, 0.1) is 23.7 Å². The first-order valence-corrected chi connectivity index (χ1v) is 21.9. The van der Waals surface area contributed by atoms with Gasteiger partial charge < -0.3 is 19.9 Å². The number of thioether (sulfide) groups is 1. The van der Waals surface area contributed by atoms with Crippen molar-refractivity contribution in [2.45, 2.75) is 67.8 Å². The molecule has 0 radical (unpaired) electrons. The predicted molar refractivity (Wildman–Crippen MR) is 229 cm³/mol. The lowest BCUT2D eigenvalue weighted by atomic mass is 9.91. The summed E-state index contributed by atoms with van der Waals surface area (Å²) >= 11 is 1.77. The number of aliphatic hydroxyl groups excluding tert-OH is 1. The van der Waals surface area contributed by atoms with Gasteiger partial charge in [0, 0.05) is 28.7 Å². The van der Waals surface area contributed by atoms with Crippen molar-refractivity contribution in [2.24, 2.45) is 5.92 Å². The zero-order valence-corrected chi connectivity index (χ0v) is 34.2. The lowest BCUT2D eigenvalue weighted by molar-refractivity contribution is -0.268. The number of sulfonamides is 1. The highest BCUT2D eigenvalue weighted by Gasteiger charge is 2.38. The largest absolute Gasteiger partial charge is 0.392 e. The summed E-state index contributed by atoms with van der Waals surface area (Å²) in [5.41, 5.74) is 7.32. The van der Waals surface area contributed by atoms with Crippen molar-refractivity contribution >= 4 is 27.7 Å². The summed E-state index contributed by atoms with van der Waals surface area (Å²) in [6.07, 6.45) is -0.757. The van der Waals surface area contributed by atoms with Crippen LogP contribution in [0.3, 0.4) is 0 Å². The summed E-state index contributed by atoms with van der Waals surface area (Å²) in [7, 11) is -3.97. The Labute approximate surface area is 345 Å². The Balaban J connectivity index is 1.08. The fraction of sp³-hybridized carbons (Fsp3) is 0.229. The molecule has 0 unspecified atom stereocenters. The number of carbonyl (C=O) groups excluding carboxylic acids is 1. The van der Waals surface area contributed by atoms with Crippen LogP contribution in [0.1, 0.15) is 52.7 Å². The maximum atomic E-state index is 13.7. The van der Waals surface area contributed by atoms with Crippen LogP contribution in [0.4, 0.5) is 0 Å². The first-order valence-electron chi connectivity index (χ1n) is 19.4. The molecule has 6 aromatic carbocycles. The lowest BCUT2D eigenvalue weighted by Gasteiger charge is -2.41. The molecule has 6 aromatic rings. The molecule has 7 rings (SSSR count). The fourth-order valence-electron chi connectivity index (χ4n) is 7.05. The summed E-state index contributed by atoms with van der Waals surface area (Å²) in [6.45, 7) is 4.24. The summed E-state index contributed by atoms with van der Waals surface area (Å²) in [6, 6.07) is 49.2. The highest BCUT2D eigenvalue weighted by molar-refractivity contribution is 7.99. The van der Waals surface area contributed by atoms with E-state index >= 15 is 0 Å². The standard InChI is InChI=1S/C48H48N2O6S2/c1-33-19-25-43(26-20-33)58(53,54)50-44(28-35-11-5-3-6-12-35)47(52)49-30-37-13-9-14-39(27-37)40-15-10-16-41(29-40)48-55-45(32-57-42-17-7-4-8-18-42)34(2)46(56-48)38-23-21-36(31-51)22-24-38/h3-27,29,34,44-46,48,50-51H,28,30-32H2,1-2H3,(H,49,52)/t34-,44+,45+,46+,48+/m0/s1. The van der Waals surface area contributed by atoms with E-state index in [2.05, 4.69) is 35.2 Å². The molecule has 1 saturated heterocycles. The zero-order chi connectivity index (χ0) is 40.5. The molecule has 10 heteroatoms. The summed E-state index contributed by atoms with van der Waals surface area (Å²) < 4.78 is 42.9. The Kier molecular flexibility index (Phi) is 13.6. The van der Waals surface area contributed by atoms with Gasteiger partial charge in [0.1, 0.15) is 6.04 Å². The molecule has 0 aliphatic carbocycles. The van der Waals surface area contributed by atoms with Gasteiger partial charge in [0.15, 0.2) is 6.29 Å². The molecule has 1 aliphatic rings. The Hall–Kier alpha value is -5.07. The van der Waals surface area contributed by atoms with E-state index in [9.17, 15) is 18.3 Å². The molecule has 1 amide bonds. The first-order chi connectivity index (χ1) is 28.1. The first kappa shape index (κ1) is 41.1. The molecule has 1 aliphatic heterocycles. The summed E-state index contributed by atoms with van der Waals surface area (Å²) in [5, 5.41) is 12.6. The van der Waals surface area contributed by atoms with Crippen molar-refractivity contribution < 1.29 is 27.8 Å². The van der Waals surface area contributed by atoms with E-state index in [0.717, 1.165) is 50.3 Å². The summed E-state index contributed by atoms with van der Waals surface area (Å²) in [4.78, 5) is 15.0. The molecule has 1 heterocycles. The van der Waals surface area contributed by atoms with Crippen LogP contribution in [0.5, 0.6) is 0 Å². The molecule has 8 nitrogen and oxygen atoms in total. The van der Waals surface area contributed by atoms with Gasteiger partial charge in [-0.3, -0.25) is 4.79 Å². The van der Waals surface area contributed by atoms with Gasteiger partial charge in [-0.25, -0.2) is 8.42 Å². The number of ether oxygens (including phenoxy) is 2. The highest BCUT2D eigenvalue weighted by Crippen LogP contribution is 2.43. The van der Waals surface area contributed by atoms with Crippen LogP contribution in [-0.2, 0) is 43.9 Å². The third-order valence-electron chi connectivity index (χ3n) is 10.4. The Morgan fingerprint density at radius 3 is 2.09 bits per heavy atom. The minimum Gasteiger partial charge on any atom is -0.392 e. The van der Waals surface area contributed by atoms with E-state index < -0.39 is 28.3 Å². The maximum absolute atomic E-state index is 13.7. The molecule has 0 aromatic heterocycles. The molecule has 0 saturated carbocycles. The molecule has 5 atom stereocenters. The average molecular weight is 813 g/mol. The lowest BCUT2D eigenvalue weighted by Crippen LogP contribution is -2.47. The van der Waals surface area contributed by atoms with Gasteiger partial charge in [0.25, 0.3) is 0 Å². The highest BCUT2D eigenvalue weighted by atomic mass is 32.2. The van der Waals surface area contributed by atoms with Gasteiger partial charge >= 0.3 is 0 Å². The van der Waals surface area contributed by atoms with Crippen LogP contribution in [0.15, 0.2) is 168 Å². The zero-order valence-electron chi connectivity index (χ0n) is 32.5. The van der Waals surface area contributed by atoms with Crippen LogP contribution in [0.2, 0.25) is 0 Å². The normalized spacial score (nSPS) is 18.7. The van der Waals surface area contributed by atoms with Gasteiger partial charge in [-0.05, 0) is 83.1 Å². The number of benzene rings is 6. The van der Waals surface area contributed by atoms with E-state index in [1.807, 2.05) is 122 Å². The molecule has 0 bridgehead atoms. The van der Waals surface area contributed by atoms with Gasteiger partial charge in [0.2, 0.25) is 15.9 Å². The number of nitrogens with one attached hydrogen (secondary N) is 2. The van der Waals surface area contributed by atoms with E-state index in [-0.39, 0.29) is 42.6 Å². The third kappa shape index (κ3) is 10.5. The second-order valence-corrected chi connectivity index (χ2v) is 17.5. The Morgan fingerprint density at radius 2 is 1.38 bits per heavy atom. The van der Waals surface area contributed by atoms with E-state index in [1.165, 1.54) is 4.90 Å². The van der Waals surface area contributed by atoms with Gasteiger partial charge in [-0.2, -0.15) is 4.72 Å². The van der Waals surface area contributed by atoms with Crippen LogP contribution >= 0.6 is 11.8 Å². The van der Waals surface area contributed by atoms with Crippen molar-refractivity contribution in [3.63, 3.8) is 0 Å². The van der Waals surface area contributed by atoms with E-state index in [0.29, 0.717) is 0 Å². The number of amides is 1. The number of hydrogen-bond acceptors (Lipinski definition) is 7. The summed E-state index contributed by atoms with van der Waals surface area (Å²) in [5.74, 6) is 0.393. The topological polar surface area (TPSA) is 114 Å². The quantitative estimate of drug-likeness (QED) is 0.0888. The number of rotatable bonds is 15. The second-order valence-electron chi connectivity index (χ2n) is 14.7. The second kappa shape index (κ2) is 19.1. The monoisotopic (exact) mass is 812 g/mol. The van der Waals surface area contributed by atoms with Gasteiger partial charge in [-0.15, -0.1) is 11.8 Å². The molecule has 1 fully saturated rings. The van der Waals surface area contributed by atoms with Crippen LogP contribution in [0, 0.1) is 12.8 Å². The molecule has 58 heavy (non-hydrogen) atoms. The smallest absolute Gasteiger partial charge is 0.241 e. The number of aliphatic hydroxyl groups is 1. The number of carbonyl (C=O) groups is 1. The number of hydrogen-bond donors (Lipinski definition) is 3. The van der Waals surface area contributed by atoms with Crippen LogP contribution < -0.4 is 10.0 Å². The minimum atomic E-state index is -3.97. The van der Waals surface area contributed by atoms with Crippen molar-refractivity contribution in [1.82, 2.24) is 10.0 Å². The molecular formula is C48H48N2O6S2. The number of aryl methyl sites for hydroxylation is 1. The van der Waals surface area contributed by atoms with E-state index in [1.54, 1.807) is 36.0 Å². The van der Waals surface area contributed by atoms with Crippen LogP contribution in [0.25, 0.3) is 11.1 Å². The molecule has 298 valence electrons. The van der Waals surface area contributed by atoms with Crippen LogP contribution in [-0.4, -0.2) is 37.3 Å². The molecular weight excluding hydrogens is 765 g/mol. The van der Waals surface area contributed by atoms with Crippen molar-refractivity contribution in [3.8, 4) is 11.1 Å².